The van der Waals surface area contributed by atoms with Gasteiger partial charge in [-0.05, 0) is 18.4 Å². The fourth-order valence-corrected chi connectivity index (χ4v) is 3.63. The van der Waals surface area contributed by atoms with Gasteiger partial charge in [0.1, 0.15) is 12.2 Å². The van der Waals surface area contributed by atoms with Gasteiger partial charge in [0.25, 0.3) is 0 Å². The minimum Gasteiger partial charge on any atom is -0.477 e. The van der Waals surface area contributed by atoms with Gasteiger partial charge in [0.15, 0.2) is 5.79 Å². The lowest BCUT2D eigenvalue weighted by Crippen LogP contribution is -2.35. The molecular formula is C19H22N2O5. The molecule has 1 saturated carbocycles. The van der Waals surface area contributed by atoms with Crippen molar-refractivity contribution in [2.24, 2.45) is 0 Å². The van der Waals surface area contributed by atoms with Crippen LogP contribution in [0.15, 0.2) is 36.5 Å². The highest BCUT2D eigenvalue weighted by atomic mass is 16.7. The molecule has 1 N–H and O–H groups in total. The monoisotopic (exact) mass is 358 g/mol. The third kappa shape index (κ3) is 3.45. The van der Waals surface area contributed by atoms with E-state index in [9.17, 15) is 9.90 Å². The summed E-state index contributed by atoms with van der Waals surface area (Å²) >= 11 is 0. The van der Waals surface area contributed by atoms with Crippen molar-refractivity contribution in [1.82, 2.24) is 9.78 Å². The minimum absolute atomic E-state index is 0.0922. The van der Waals surface area contributed by atoms with Gasteiger partial charge in [-0.15, -0.1) is 5.10 Å². The first kappa shape index (κ1) is 17.1. The molecule has 0 unspecified atom stereocenters. The Morgan fingerprint density at radius 3 is 2.58 bits per heavy atom. The second-order valence-corrected chi connectivity index (χ2v) is 6.75. The standard InChI is InChI=1S/C19H22N2O5/c22-18(23)16-12-21(15-6-8-19(9-7-15)25-10-11-26-19)20-17(16)24-13-14-4-2-1-3-5-14/h1-5,12,15H,6-11,13H2,(H,22,23). The summed E-state index contributed by atoms with van der Waals surface area (Å²) in [4.78, 5) is 11.6. The van der Waals surface area contributed by atoms with Gasteiger partial charge in [-0.1, -0.05) is 30.3 Å². The average Bonchev–Trinajstić information content (AvgIpc) is 3.29. The molecule has 2 aliphatic rings. The number of aromatic carboxylic acids is 1. The van der Waals surface area contributed by atoms with E-state index < -0.39 is 11.8 Å². The van der Waals surface area contributed by atoms with Crippen LogP contribution in [0.5, 0.6) is 5.88 Å². The van der Waals surface area contributed by atoms with Crippen LogP contribution in [-0.4, -0.2) is 39.9 Å². The Labute approximate surface area is 151 Å². The SMILES string of the molecule is O=C(O)c1cn(C2CCC3(CC2)OCCO3)nc1OCc1ccccc1. The first-order chi connectivity index (χ1) is 12.7. The molecule has 0 bridgehead atoms. The number of ether oxygens (including phenoxy) is 3. The highest BCUT2D eigenvalue weighted by Gasteiger charge is 2.41. The number of carbonyl (C=O) groups is 1. The largest absolute Gasteiger partial charge is 0.477 e. The number of hydrogen-bond acceptors (Lipinski definition) is 5. The first-order valence-electron chi connectivity index (χ1n) is 8.92. The van der Waals surface area contributed by atoms with E-state index in [-0.39, 0.29) is 24.1 Å². The highest BCUT2D eigenvalue weighted by molar-refractivity contribution is 5.89. The Morgan fingerprint density at radius 1 is 1.23 bits per heavy atom. The zero-order valence-corrected chi connectivity index (χ0v) is 14.5. The maximum absolute atomic E-state index is 11.6. The Bertz CT molecular complexity index is 757. The molecule has 0 amide bonds. The van der Waals surface area contributed by atoms with Crippen LogP contribution in [0.25, 0.3) is 0 Å². The van der Waals surface area contributed by atoms with E-state index in [0.717, 1.165) is 31.2 Å². The molecule has 2 fully saturated rings. The van der Waals surface area contributed by atoms with E-state index in [1.807, 2.05) is 30.3 Å². The van der Waals surface area contributed by atoms with E-state index in [1.165, 1.54) is 0 Å². The molecule has 7 nitrogen and oxygen atoms in total. The van der Waals surface area contributed by atoms with Crippen LogP contribution in [0, 0.1) is 0 Å². The number of benzene rings is 1. The van der Waals surface area contributed by atoms with Crippen LogP contribution >= 0.6 is 0 Å². The predicted octanol–water partition coefficient (Wildman–Crippen LogP) is 3.02. The lowest BCUT2D eigenvalue weighted by Gasteiger charge is -2.35. The molecule has 0 atom stereocenters. The summed E-state index contributed by atoms with van der Waals surface area (Å²) in [5, 5.41) is 13.9. The fourth-order valence-electron chi connectivity index (χ4n) is 3.63. The summed E-state index contributed by atoms with van der Waals surface area (Å²) in [6.45, 7) is 1.58. The van der Waals surface area contributed by atoms with Gasteiger partial charge < -0.3 is 19.3 Å². The van der Waals surface area contributed by atoms with Crippen molar-refractivity contribution in [3.05, 3.63) is 47.7 Å². The molecule has 1 aliphatic heterocycles. The van der Waals surface area contributed by atoms with Gasteiger partial charge in [-0.25, -0.2) is 4.79 Å². The average molecular weight is 358 g/mol. The van der Waals surface area contributed by atoms with Crippen molar-refractivity contribution in [3.63, 3.8) is 0 Å². The van der Waals surface area contributed by atoms with E-state index in [0.29, 0.717) is 13.2 Å². The molecule has 1 aromatic carbocycles. The van der Waals surface area contributed by atoms with Crippen LogP contribution in [0.3, 0.4) is 0 Å². The zero-order valence-electron chi connectivity index (χ0n) is 14.5. The normalized spacial score (nSPS) is 19.7. The lowest BCUT2D eigenvalue weighted by atomic mass is 9.90. The van der Waals surface area contributed by atoms with Crippen molar-refractivity contribution in [2.75, 3.05) is 13.2 Å². The van der Waals surface area contributed by atoms with Crippen LogP contribution in [-0.2, 0) is 16.1 Å². The van der Waals surface area contributed by atoms with Crippen LogP contribution < -0.4 is 4.74 Å². The van der Waals surface area contributed by atoms with Crippen LogP contribution in [0.4, 0.5) is 0 Å². The summed E-state index contributed by atoms with van der Waals surface area (Å²) in [5.74, 6) is -1.31. The number of carboxylic acids is 1. The van der Waals surface area contributed by atoms with Gasteiger partial charge in [0.05, 0.1) is 19.3 Å². The lowest BCUT2D eigenvalue weighted by molar-refractivity contribution is -0.181. The smallest absolute Gasteiger partial charge is 0.342 e. The van der Waals surface area contributed by atoms with Gasteiger partial charge in [-0.2, -0.15) is 0 Å². The highest BCUT2D eigenvalue weighted by Crippen LogP contribution is 2.40. The third-order valence-corrected chi connectivity index (χ3v) is 5.05. The Kier molecular flexibility index (Phi) is 4.65. The number of nitrogens with zero attached hydrogens (tertiary/aromatic N) is 2. The minimum atomic E-state index is -1.03. The molecule has 1 aliphatic carbocycles. The molecule has 1 spiro atoms. The summed E-state index contributed by atoms with van der Waals surface area (Å²) in [6.07, 6.45) is 4.82. The van der Waals surface area contributed by atoms with E-state index in [4.69, 9.17) is 14.2 Å². The zero-order chi connectivity index (χ0) is 18.0. The van der Waals surface area contributed by atoms with Crippen LogP contribution in [0.2, 0.25) is 0 Å². The number of aromatic nitrogens is 2. The van der Waals surface area contributed by atoms with Crippen molar-refractivity contribution in [1.29, 1.82) is 0 Å². The first-order valence-corrected chi connectivity index (χ1v) is 8.92. The molecular weight excluding hydrogens is 336 g/mol. The summed E-state index contributed by atoms with van der Waals surface area (Å²) in [7, 11) is 0. The topological polar surface area (TPSA) is 82.8 Å². The van der Waals surface area contributed by atoms with E-state index >= 15 is 0 Å². The second kappa shape index (κ2) is 7.09. The van der Waals surface area contributed by atoms with Crippen molar-refractivity contribution >= 4 is 5.97 Å². The number of rotatable bonds is 5. The third-order valence-electron chi connectivity index (χ3n) is 5.05. The second-order valence-electron chi connectivity index (χ2n) is 6.75. The molecule has 4 rings (SSSR count). The molecule has 7 heteroatoms. The summed E-state index contributed by atoms with van der Waals surface area (Å²) < 4.78 is 18.9. The van der Waals surface area contributed by atoms with Gasteiger partial charge >= 0.3 is 5.97 Å². The predicted molar refractivity (Wildman–Crippen MR) is 92.1 cm³/mol. The van der Waals surface area contributed by atoms with Gasteiger partial charge in [0.2, 0.25) is 5.88 Å². The molecule has 1 aromatic heterocycles. The summed E-state index contributed by atoms with van der Waals surface area (Å²) in [5.41, 5.74) is 1.06. The molecule has 1 saturated heterocycles. The van der Waals surface area contributed by atoms with Crippen molar-refractivity contribution in [2.45, 2.75) is 44.1 Å². The maximum atomic E-state index is 11.6. The molecule has 138 valence electrons. The van der Waals surface area contributed by atoms with Crippen LogP contribution in [0.1, 0.15) is 47.6 Å². The molecule has 2 aromatic rings. The van der Waals surface area contributed by atoms with Crippen molar-refractivity contribution < 1.29 is 24.1 Å². The quantitative estimate of drug-likeness (QED) is 0.885. The number of hydrogen-bond donors (Lipinski definition) is 1. The molecule has 26 heavy (non-hydrogen) atoms. The fraction of sp³-hybridized carbons (Fsp3) is 0.474. The van der Waals surface area contributed by atoms with Gasteiger partial charge in [-0.3, -0.25) is 4.68 Å². The molecule has 0 radical (unpaired) electrons. The summed E-state index contributed by atoms with van der Waals surface area (Å²) in [6, 6.07) is 9.75. The molecule has 2 heterocycles. The Morgan fingerprint density at radius 2 is 1.92 bits per heavy atom. The Balaban J connectivity index is 1.46. The van der Waals surface area contributed by atoms with Crippen molar-refractivity contribution in [3.8, 4) is 5.88 Å². The van der Waals surface area contributed by atoms with E-state index in [1.54, 1.807) is 10.9 Å². The maximum Gasteiger partial charge on any atom is 0.342 e. The Hall–Kier alpha value is -2.38. The van der Waals surface area contributed by atoms with E-state index in [2.05, 4.69) is 5.10 Å². The number of carboxylic acid groups (broad SMARTS) is 1. The van der Waals surface area contributed by atoms with Gasteiger partial charge in [0, 0.05) is 19.0 Å².